The van der Waals surface area contributed by atoms with Crippen molar-refractivity contribution in [1.29, 1.82) is 0 Å². The Morgan fingerprint density at radius 2 is 1.67 bits per heavy atom. The molecule has 0 spiro atoms. The Kier molecular flexibility index (Phi) is 13.5. The molecule has 3 amide bonds. The lowest BCUT2D eigenvalue weighted by molar-refractivity contribution is -0.141. The molecule has 0 aromatic heterocycles. The smallest absolute Gasteiger partial charge is 0.260 e. The van der Waals surface area contributed by atoms with Crippen molar-refractivity contribution < 1.29 is 22.8 Å². The fourth-order valence-corrected chi connectivity index (χ4v) is 6.81. The summed E-state index contributed by atoms with van der Waals surface area (Å²) < 4.78 is 27.5. The molecule has 0 radical (unpaired) electrons. The molecule has 256 valence electrons. The second-order valence-electron chi connectivity index (χ2n) is 14.2. The fraction of sp³-hybridized carbons (Fsp3) is 0.571. The molecule has 4 atom stereocenters. The van der Waals surface area contributed by atoms with Gasteiger partial charge in [0.2, 0.25) is 21.8 Å². The summed E-state index contributed by atoms with van der Waals surface area (Å²) in [5.74, 6) is -1.57. The van der Waals surface area contributed by atoms with Crippen molar-refractivity contribution in [2.24, 2.45) is 28.4 Å². The van der Waals surface area contributed by atoms with E-state index in [9.17, 15) is 22.8 Å². The molecule has 0 heterocycles. The minimum Gasteiger partial charge on any atom is -0.342 e. The molecule has 1 unspecified atom stereocenters. The molecule has 1 aromatic rings. The highest BCUT2D eigenvalue weighted by molar-refractivity contribution is 7.89. The Labute approximate surface area is 276 Å². The van der Waals surface area contributed by atoms with Crippen molar-refractivity contribution in [2.75, 3.05) is 20.6 Å². The molecule has 5 N–H and O–H groups in total. The highest BCUT2D eigenvalue weighted by Crippen LogP contribution is 2.35. The standard InChI is InChI=1S/C35H55N5O5S/c1-23(2)28(20-24(3)31(41)39-46(44,45)22-26-14-12-11-13-15-26)40(10)33(43)30(34(4,5)6)38-32(42)29(37-9)35(7,8)27-18-16-25(21-36)17-19-27/h11-16,18-20,23,25,28-30,37H,17,21-22,36H2,1-10H3,(H,38,42)(H,39,41)/b24-20+/t25?,28-,29-,30-/m1/s1. The van der Waals surface area contributed by atoms with Gasteiger partial charge >= 0.3 is 0 Å². The van der Waals surface area contributed by atoms with E-state index >= 15 is 0 Å². The van der Waals surface area contributed by atoms with E-state index in [1.165, 1.54) is 11.8 Å². The number of sulfonamides is 1. The van der Waals surface area contributed by atoms with Crippen LogP contribution in [0.1, 0.15) is 67.4 Å². The van der Waals surface area contributed by atoms with Crippen LogP contribution in [0.4, 0.5) is 0 Å². The summed E-state index contributed by atoms with van der Waals surface area (Å²) in [5, 5.41) is 6.20. The van der Waals surface area contributed by atoms with Gasteiger partial charge in [-0.05, 0) is 55.3 Å². The molecule has 10 nitrogen and oxygen atoms in total. The summed E-state index contributed by atoms with van der Waals surface area (Å²) in [6.07, 6.45) is 8.65. The number of allylic oxidation sites excluding steroid dienone is 2. The molecule has 0 fully saturated rings. The van der Waals surface area contributed by atoms with Gasteiger partial charge in [-0.3, -0.25) is 14.4 Å². The third kappa shape index (κ3) is 10.4. The molecule has 0 aliphatic heterocycles. The first kappa shape index (κ1) is 38.9. The lowest BCUT2D eigenvalue weighted by atomic mass is 9.73. The minimum atomic E-state index is -3.94. The summed E-state index contributed by atoms with van der Waals surface area (Å²) in [5.41, 5.74) is 6.34. The summed E-state index contributed by atoms with van der Waals surface area (Å²) >= 11 is 0. The van der Waals surface area contributed by atoms with Crippen molar-refractivity contribution in [1.82, 2.24) is 20.3 Å². The SMILES string of the molecule is CN[C@H](C(=O)N[C@H](C(=O)N(C)[C@H](/C=C(\C)C(=O)NS(=O)(=O)Cc1ccccc1)C(C)C)C(C)(C)C)C(C)(C)C1=CCC(CN)C=C1. The first-order chi connectivity index (χ1) is 21.2. The monoisotopic (exact) mass is 657 g/mol. The largest absolute Gasteiger partial charge is 0.342 e. The number of amides is 3. The number of benzene rings is 1. The van der Waals surface area contributed by atoms with E-state index < -0.39 is 44.9 Å². The van der Waals surface area contributed by atoms with Crippen molar-refractivity contribution >= 4 is 27.7 Å². The average molecular weight is 658 g/mol. The lowest BCUT2D eigenvalue weighted by Gasteiger charge is -2.40. The third-order valence-electron chi connectivity index (χ3n) is 8.61. The summed E-state index contributed by atoms with van der Waals surface area (Å²) in [6.45, 7) is 15.6. The maximum absolute atomic E-state index is 14.1. The van der Waals surface area contributed by atoms with E-state index in [1.54, 1.807) is 50.5 Å². The molecule has 0 saturated heterocycles. The van der Waals surface area contributed by atoms with E-state index in [4.69, 9.17) is 5.73 Å². The van der Waals surface area contributed by atoms with Gasteiger partial charge in [0.15, 0.2) is 0 Å². The van der Waals surface area contributed by atoms with Crippen LogP contribution >= 0.6 is 0 Å². The molecule has 1 aromatic carbocycles. The molecule has 2 rings (SSSR count). The van der Waals surface area contributed by atoms with E-state index in [0.717, 1.165) is 12.0 Å². The van der Waals surface area contributed by atoms with Crippen LogP contribution in [0.3, 0.4) is 0 Å². The quantitative estimate of drug-likeness (QED) is 0.223. The van der Waals surface area contributed by atoms with Gasteiger partial charge in [-0.15, -0.1) is 0 Å². The first-order valence-electron chi connectivity index (χ1n) is 15.9. The molecule has 46 heavy (non-hydrogen) atoms. The number of likely N-dealkylation sites (N-methyl/N-ethyl adjacent to an activating group) is 2. The van der Waals surface area contributed by atoms with Crippen LogP contribution in [0.15, 0.2) is 65.8 Å². The molecular weight excluding hydrogens is 602 g/mol. The van der Waals surface area contributed by atoms with Gasteiger partial charge in [0.05, 0.1) is 17.8 Å². The minimum absolute atomic E-state index is 0.125. The first-order valence-corrected chi connectivity index (χ1v) is 17.5. The molecule has 1 aliphatic carbocycles. The van der Waals surface area contributed by atoms with Gasteiger partial charge in [-0.1, -0.05) is 103 Å². The second kappa shape index (κ2) is 16.0. The molecule has 1 aliphatic rings. The Hall–Kier alpha value is -3.28. The van der Waals surface area contributed by atoms with Gasteiger partial charge in [-0.2, -0.15) is 0 Å². The topological polar surface area (TPSA) is 151 Å². The van der Waals surface area contributed by atoms with Gasteiger partial charge < -0.3 is 21.3 Å². The van der Waals surface area contributed by atoms with Crippen LogP contribution in [0.2, 0.25) is 0 Å². The second-order valence-corrected chi connectivity index (χ2v) is 15.9. The van der Waals surface area contributed by atoms with Crippen molar-refractivity contribution in [3.05, 3.63) is 71.3 Å². The van der Waals surface area contributed by atoms with Gasteiger partial charge in [0, 0.05) is 18.0 Å². The van der Waals surface area contributed by atoms with Crippen LogP contribution < -0.4 is 21.1 Å². The Morgan fingerprint density at radius 3 is 2.15 bits per heavy atom. The number of carbonyl (C=O) groups is 3. The van der Waals surface area contributed by atoms with Crippen molar-refractivity contribution in [3.8, 4) is 0 Å². The summed E-state index contributed by atoms with van der Waals surface area (Å²) in [4.78, 5) is 42.5. The van der Waals surface area contributed by atoms with Crippen LogP contribution in [0.25, 0.3) is 0 Å². The summed E-state index contributed by atoms with van der Waals surface area (Å²) in [7, 11) is -0.574. The zero-order valence-corrected chi connectivity index (χ0v) is 30.0. The third-order valence-corrected chi connectivity index (χ3v) is 9.82. The van der Waals surface area contributed by atoms with E-state index in [1.807, 2.05) is 54.5 Å². The number of nitrogens with two attached hydrogens (primary N) is 1. The number of rotatable bonds is 14. The van der Waals surface area contributed by atoms with E-state index in [0.29, 0.717) is 12.1 Å². The van der Waals surface area contributed by atoms with Crippen LogP contribution in [-0.2, 0) is 30.2 Å². The Morgan fingerprint density at radius 1 is 1.07 bits per heavy atom. The predicted octanol–water partition coefficient (Wildman–Crippen LogP) is 3.67. The zero-order chi connectivity index (χ0) is 35.0. The average Bonchev–Trinajstić information content (AvgIpc) is 2.97. The number of nitrogens with one attached hydrogen (secondary N) is 3. The molecule has 0 saturated carbocycles. The van der Waals surface area contributed by atoms with Crippen LogP contribution in [0, 0.1) is 22.7 Å². The molecular formula is C35H55N5O5S. The number of carbonyl (C=O) groups excluding carboxylic acids is 3. The highest BCUT2D eigenvalue weighted by Gasteiger charge is 2.42. The highest BCUT2D eigenvalue weighted by atomic mass is 32.2. The number of hydrogen-bond acceptors (Lipinski definition) is 7. The van der Waals surface area contributed by atoms with Crippen LogP contribution in [0.5, 0.6) is 0 Å². The number of nitrogens with zero attached hydrogens (tertiary/aromatic N) is 1. The zero-order valence-electron chi connectivity index (χ0n) is 29.2. The van der Waals surface area contributed by atoms with Gasteiger partial charge in [-0.25, -0.2) is 13.1 Å². The van der Waals surface area contributed by atoms with Crippen molar-refractivity contribution in [2.45, 2.75) is 85.7 Å². The number of hydrogen-bond donors (Lipinski definition) is 4. The maximum atomic E-state index is 14.1. The maximum Gasteiger partial charge on any atom is 0.260 e. The van der Waals surface area contributed by atoms with E-state index in [-0.39, 0.29) is 35.0 Å². The van der Waals surface area contributed by atoms with Crippen LogP contribution in [-0.4, -0.2) is 69.8 Å². The summed E-state index contributed by atoms with van der Waals surface area (Å²) in [6, 6.07) is 6.52. The van der Waals surface area contributed by atoms with Crippen molar-refractivity contribution in [3.63, 3.8) is 0 Å². The normalized spacial score (nSPS) is 18.0. The van der Waals surface area contributed by atoms with Gasteiger partial charge in [0.25, 0.3) is 5.91 Å². The van der Waals surface area contributed by atoms with E-state index in [2.05, 4.69) is 27.5 Å². The Balaban J connectivity index is 2.28. The predicted molar refractivity (Wildman–Crippen MR) is 185 cm³/mol. The lowest BCUT2D eigenvalue weighted by Crippen LogP contribution is -2.61. The molecule has 11 heteroatoms. The van der Waals surface area contributed by atoms with Gasteiger partial charge in [0.1, 0.15) is 6.04 Å². The fourth-order valence-electron chi connectivity index (χ4n) is 5.66. The Bertz CT molecular complexity index is 1420. The molecule has 0 bridgehead atoms.